The molecule has 0 radical (unpaired) electrons. The van der Waals surface area contributed by atoms with Crippen LogP contribution in [0.4, 0.5) is 0 Å². The maximum absolute atomic E-state index is 11.0. The molecule has 0 saturated heterocycles. The fraction of sp³-hybridized carbons (Fsp3) is 0.400. The van der Waals surface area contributed by atoms with E-state index in [1.165, 1.54) is 12.8 Å². The fourth-order valence-corrected chi connectivity index (χ4v) is 2.37. The second kappa shape index (κ2) is 3.37. The summed E-state index contributed by atoms with van der Waals surface area (Å²) in [5.74, 6) is 0.521. The van der Waals surface area contributed by atoms with Crippen LogP contribution in [0.2, 0.25) is 0 Å². The van der Waals surface area contributed by atoms with Gasteiger partial charge >= 0.3 is 0 Å². The molecule has 1 aromatic carbocycles. The molecule has 0 heterocycles. The van der Waals surface area contributed by atoms with E-state index in [-0.39, 0.29) is 5.75 Å². The number of benzene rings is 1. The Balaban J connectivity index is 2.32. The summed E-state index contributed by atoms with van der Waals surface area (Å²) in [5, 5.41) is 5.03. The van der Waals surface area contributed by atoms with Gasteiger partial charge in [-0.1, -0.05) is 24.3 Å². The number of nitrogens with two attached hydrogens (primary N) is 1. The van der Waals surface area contributed by atoms with Crippen LogP contribution in [0.3, 0.4) is 0 Å². The van der Waals surface area contributed by atoms with Crippen LogP contribution >= 0.6 is 0 Å². The van der Waals surface area contributed by atoms with Crippen LogP contribution in [0.25, 0.3) is 0 Å². The smallest absolute Gasteiger partial charge is 0.213 e. The zero-order chi connectivity index (χ0) is 10.2. The van der Waals surface area contributed by atoms with Crippen molar-refractivity contribution in [3.8, 4) is 0 Å². The monoisotopic (exact) mass is 211 g/mol. The lowest BCUT2D eigenvalue weighted by Gasteiger charge is -2.06. The van der Waals surface area contributed by atoms with Gasteiger partial charge in [-0.15, -0.1) is 0 Å². The molecule has 76 valence electrons. The topological polar surface area (TPSA) is 60.2 Å². The summed E-state index contributed by atoms with van der Waals surface area (Å²) in [5.41, 5.74) is 2.01. The number of hydrogen-bond acceptors (Lipinski definition) is 2. The lowest BCUT2D eigenvalue weighted by atomic mass is 10.1. The first-order chi connectivity index (χ1) is 6.56. The first-order valence-electron chi connectivity index (χ1n) is 4.64. The summed E-state index contributed by atoms with van der Waals surface area (Å²) in [6.07, 6.45) is 2.34. The van der Waals surface area contributed by atoms with E-state index >= 15 is 0 Å². The molecule has 0 spiro atoms. The quantitative estimate of drug-likeness (QED) is 0.820. The number of primary sulfonamides is 1. The molecule has 0 aromatic heterocycles. The molecule has 14 heavy (non-hydrogen) atoms. The van der Waals surface area contributed by atoms with Crippen LogP contribution in [0.15, 0.2) is 24.3 Å². The van der Waals surface area contributed by atoms with Gasteiger partial charge in [0.15, 0.2) is 0 Å². The minimum Gasteiger partial charge on any atom is -0.228 e. The summed E-state index contributed by atoms with van der Waals surface area (Å²) < 4.78 is 21.9. The summed E-state index contributed by atoms with van der Waals surface area (Å²) >= 11 is 0. The van der Waals surface area contributed by atoms with Crippen molar-refractivity contribution in [3.63, 3.8) is 0 Å². The third-order valence-corrected chi connectivity index (χ3v) is 3.14. The molecule has 4 heteroatoms. The molecule has 0 bridgehead atoms. The number of sulfonamides is 1. The van der Waals surface area contributed by atoms with E-state index in [1.54, 1.807) is 0 Å². The molecule has 2 N–H and O–H groups in total. The average Bonchev–Trinajstić information content (AvgIpc) is 2.85. The molecule has 0 amide bonds. The highest BCUT2D eigenvalue weighted by Gasteiger charge is 2.26. The van der Waals surface area contributed by atoms with Gasteiger partial charge in [-0.25, -0.2) is 13.6 Å². The van der Waals surface area contributed by atoms with Crippen LogP contribution in [0, 0.1) is 0 Å². The van der Waals surface area contributed by atoms with E-state index in [0.717, 1.165) is 11.1 Å². The summed E-state index contributed by atoms with van der Waals surface area (Å²) in [6, 6.07) is 7.64. The predicted octanol–water partition coefficient (Wildman–Crippen LogP) is 1.35. The number of hydrogen-bond donors (Lipinski definition) is 1. The van der Waals surface area contributed by atoms with Crippen molar-refractivity contribution in [3.05, 3.63) is 35.4 Å². The molecular formula is C10H13NO2S. The van der Waals surface area contributed by atoms with Crippen molar-refractivity contribution in [2.45, 2.75) is 24.5 Å². The first-order valence-corrected chi connectivity index (χ1v) is 6.36. The van der Waals surface area contributed by atoms with Crippen molar-refractivity contribution >= 4 is 10.0 Å². The Bertz CT molecular complexity index is 435. The molecule has 1 aliphatic rings. The van der Waals surface area contributed by atoms with Crippen molar-refractivity contribution in [1.82, 2.24) is 0 Å². The van der Waals surface area contributed by atoms with Gasteiger partial charge in [0.1, 0.15) is 0 Å². The fourth-order valence-electron chi connectivity index (χ4n) is 1.67. The Labute approximate surface area is 84.0 Å². The highest BCUT2D eigenvalue weighted by atomic mass is 32.2. The lowest BCUT2D eigenvalue weighted by Crippen LogP contribution is -2.15. The highest BCUT2D eigenvalue weighted by Crippen LogP contribution is 2.41. The standard InChI is InChI=1S/C10H13NO2S/c11-14(12,13)7-9-3-1-2-4-10(9)8-5-6-8/h1-4,8H,5-7H2,(H2,11,12,13). The molecule has 0 unspecified atom stereocenters. The van der Waals surface area contributed by atoms with Crippen molar-refractivity contribution in [1.29, 1.82) is 0 Å². The summed E-state index contributed by atoms with van der Waals surface area (Å²) in [7, 11) is -3.41. The van der Waals surface area contributed by atoms with Crippen LogP contribution in [0.1, 0.15) is 29.9 Å². The SMILES string of the molecule is NS(=O)(=O)Cc1ccccc1C1CC1. The van der Waals surface area contributed by atoms with Crippen molar-refractivity contribution in [2.24, 2.45) is 5.14 Å². The van der Waals surface area contributed by atoms with Gasteiger partial charge < -0.3 is 0 Å². The molecule has 1 saturated carbocycles. The predicted molar refractivity (Wildman–Crippen MR) is 55.2 cm³/mol. The Morgan fingerprint density at radius 1 is 1.29 bits per heavy atom. The normalized spacial score (nSPS) is 16.9. The molecule has 3 nitrogen and oxygen atoms in total. The van der Waals surface area contributed by atoms with Gasteiger partial charge in [-0.3, -0.25) is 0 Å². The van der Waals surface area contributed by atoms with Crippen LogP contribution < -0.4 is 5.14 Å². The second-order valence-electron chi connectivity index (χ2n) is 3.78. The molecule has 1 aliphatic carbocycles. The molecule has 0 aliphatic heterocycles. The largest absolute Gasteiger partial charge is 0.228 e. The van der Waals surface area contributed by atoms with Gasteiger partial charge in [0.25, 0.3) is 0 Å². The Morgan fingerprint density at radius 3 is 2.50 bits per heavy atom. The van der Waals surface area contributed by atoms with Gasteiger partial charge in [-0.2, -0.15) is 0 Å². The number of rotatable bonds is 3. The second-order valence-corrected chi connectivity index (χ2v) is 5.39. The maximum atomic E-state index is 11.0. The lowest BCUT2D eigenvalue weighted by molar-refractivity contribution is 0.597. The minimum absolute atomic E-state index is 0.0420. The third-order valence-electron chi connectivity index (χ3n) is 2.43. The van der Waals surface area contributed by atoms with E-state index in [1.807, 2.05) is 24.3 Å². The van der Waals surface area contributed by atoms with Gasteiger partial charge in [0.2, 0.25) is 10.0 Å². The molecule has 1 fully saturated rings. The van der Waals surface area contributed by atoms with Crippen LogP contribution in [-0.2, 0) is 15.8 Å². The zero-order valence-corrected chi connectivity index (χ0v) is 8.63. The van der Waals surface area contributed by atoms with Crippen LogP contribution in [0.5, 0.6) is 0 Å². The Morgan fingerprint density at radius 2 is 1.93 bits per heavy atom. The van der Waals surface area contributed by atoms with Crippen molar-refractivity contribution in [2.75, 3.05) is 0 Å². The Hall–Kier alpha value is -0.870. The van der Waals surface area contributed by atoms with E-state index in [2.05, 4.69) is 0 Å². The molecule has 1 aromatic rings. The van der Waals surface area contributed by atoms with Crippen molar-refractivity contribution < 1.29 is 8.42 Å². The average molecular weight is 211 g/mol. The Kier molecular flexibility index (Phi) is 2.33. The summed E-state index contributed by atoms with van der Waals surface area (Å²) in [6.45, 7) is 0. The zero-order valence-electron chi connectivity index (χ0n) is 7.81. The molecular weight excluding hydrogens is 198 g/mol. The maximum Gasteiger partial charge on any atom is 0.213 e. The van der Waals surface area contributed by atoms with Gasteiger partial charge in [0, 0.05) is 0 Å². The van der Waals surface area contributed by atoms with Crippen LogP contribution in [-0.4, -0.2) is 8.42 Å². The molecule has 0 atom stereocenters. The van der Waals surface area contributed by atoms with Gasteiger partial charge in [0.05, 0.1) is 5.75 Å². The van der Waals surface area contributed by atoms with Gasteiger partial charge in [-0.05, 0) is 29.9 Å². The highest BCUT2D eigenvalue weighted by molar-refractivity contribution is 7.88. The first kappa shape index (κ1) is 9.68. The van der Waals surface area contributed by atoms with E-state index in [9.17, 15) is 8.42 Å². The minimum atomic E-state index is -3.41. The third kappa shape index (κ3) is 2.33. The van der Waals surface area contributed by atoms with E-state index in [4.69, 9.17) is 5.14 Å². The molecule has 2 rings (SSSR count). The van der Waals surface area contributed by atoms with E-state index in [0.29, 0.717) is 5.92 Å². The van der Waals surface area contributed by atoms with E-state index < -0.39 is 10.0 Å². The summed E-state index contributed by atoms with van der Waals surface area (Å²) in [4.78, 5) is 0.